The first-order valence-electron chi connectivity index (χ1n) is 54.0. The van der Waals surface area contributed by atoms with Crippen LogP contribution in [0.15, 0.2) is 87.7 Å². The molecule has 0 aliphatic carbocycles. The summed E-state index contributed by atoms with van der Waals surface area (Å²) in [6.45, 7) is 18.6. The van der Waals surface area contributed by atoms with Crippen LogP contribution in [0.25, 0.3) is 89.7 Å². The van der Waals surface area contributed by atoms with Crippen LogP contribution < -0.4 is 9.97 Å². The van der Waals surface area contributed by atoms with Crippen LogP contribution in [0, 0.1) is 0 Å². The van der Waals surface area contributed by atoms with Crippen molar-refractivity contribution in [2.24, 2.45) is 0 Å². The van der Waals surface area contributed by atoms with Gasteiger partial charge in [-0.05, 0) is 167 Å². The van der Waals surface area contributed by atoms with E-state index in [0.29, 0.717) is 45.9 Å². The maximum atomic E-state index is 8.25. The van der Waals surface area contributed by atoms with E-state index < -0.39 is 0 Å². The molecule has 722 valence electrons. The van der Waals surface area contributed by atoms with Gasteiger partial charge < -0.3 is 29.9 Å². The molecule has 130 heavy (non-hydrogen) atoms. The third kappa shape index (κ3) is 42.7. The molecule has 0 N–H and O–H groups in total. The minimum absolute atomic E-state index is 0.669. The number of aromatic nitrogens is 8. The number of fused-ring (bicyclic) bond motifs is 20. The summed E-state index contributed by atoms with van der Waals surface area (Å²) in [5.74, 6) is 11.4. The summed E-state index contributed by atoms with van der Waals surface area (Å²) in [6.07, 6.45) is 84.0. The number of nitrogens with zero attached hydrogens (tertiary/aromatic N) is 8. The Bertz CT molecular complexity index is 3810. The molecule has 0 atom stereocenters. The van der Waals surface area contributed by atoms with Gasteiger partial charge in [-0.25, -0.2) is 9.97 Å². The number of rotatable bonds is 80. The Labute approximate surface area is 839 Å². The normalized spacial score (nSPS) is 11.9. The number of thioether (sulfide) groups is 8. The van der Waals surface area contributed by atoms with Gasteiger partial charge >= 0.3 is 23.7 Å². The van der Waals surface area contributed by atoms with E-state index in [1.807, 2.05) is 0 Å². The quantitative estimate of drug-likeness (QED) is 0.0204. The molecule has 2 aliphatic rings. The minimum atomic E-state index is 0.669. The molecule has 0 unspecified atom stereocenters. The van der Waals surface area contributed by atoms with Crippen LogP contribution in [0.2, 0.25) is 0 Å². The predicted octanol–water partition coefficient (Wildman–Crippen LogP) is 39.9. The van der Waals surface area contributed by atoms with Crippen LogP contribution in [-0.2, 0) is 23.7 Å². The van der Waals surface area contributed by atoms with Gasteiger partial charge in [-0.3, -0.25) is 0 Å². The van der Waals surface area contributed by atoms with E-state index in [1.165, 1.54) is 450 Å². The third-order valence-corrected chi connectivity index (χ3v) is 35.7. The summed E-state index contributed by atoms with van der Waals surface area (Å²) in [7, 11) is 0. The number of benzene rings is 4. The number of unbranched alkanes of at least 4 members (excludes halogenated alkanes) is 56. The van der Waals surface area contributed by atoms with E-state index in [1.54, 1.807) is 0 Å². The molecule has 18 heteroatoms. The van der Waals surface area contributed by atoms with Crippen molar-refractivity contribution in [1.82, 2.24) is 39.9 Å². The van der Waals surface area contributed by atoms with Gasteiger partial charge in [0, 0.05) is 84.0 Å². The van der Waals surface area contributed by atoms with Gasteiger partial charge in [-0.1, -0.05) is 415 Å². The van der Waals surface area contributed by atoms with E-state index in [2.05, 4.69) is 198 Å². The van der Waals surface area contributed by atoms with Crippen molar-refractivity contribution in [2.45, 2.75) is 505 Å². The van der Waals surface area contributed by atoms with Gasteiger partial charge in [0.15, 0.2) is 0 Å². The van der Waals surface area contributed by atoms with Gasteiger partial charge in [0.25, 0.3) is 0 Å². The molecular formula is C112H176N8OS8Ti. The zero-order valence-electron chi connectivity index (χ0n) is 83.3. The molecule has 0 spiro atoms. The molecule has 0 saturated heterocycles. The maximum absolute atomic E-state index is 8.25. The summed E-state index contributed by atoms with van der Waals surface area (Å²) >= 11 is 17.2. The van der Waals surface area contributed by atoms with E-state index in [9.17, 15) is 0 Å². The van der Waals surface area contributed by atoms with Crippen molar-refractivity contribution < 1.29 is 23.7 Å². The summed E-state index contributed by atoms with van der Waals surface area (Å²) in [5, 5.41) is 4.12. The summed E-state index contributed by atoms with van der Waals surface area (Å²) in [4.78, 5) is 57.6. The van der Waals surface area contributed by atoms with E-state index in [-0.39, 0.29) is 0 Å². The standard InChI is InChI=1S/C112H176N8S8.O.Ti/c1-9-17-25-33-41-49-57-65-73-121-97-81-89-90(82-98(97)122-74-66-58-50-42-34-26-18-10-2)106-113-105(89)117-107-91-83-99(123-75-67-59-51-43-35-27-19-11-3)100(124-76-68-60-52-44-36-28-20-12-4)84-92(91)109(114-107)119-111-95-87-103(127-79-71-63-55-47-39-31-23-15-7)104(128-80-72-64-56-48-40-32-24-16-8)88-96(95)112(116-111)120-110-94-86-102(126-78-70-62-54-46-38-30-22-14-6)101(85-93(94)108(115-110)118-106)125-77-69-61-53-45-37-29-21-13-5;;/h81-88H,9-80H2,1-8H3;;/q-2;;+2. The van der Waals surface area contributed by atoms with Crippen molar-refractivity contribution in [1.29, 1.82) is 0 Å². The van der Waals surface area contributed by atoms with Crippen LogP contribution in [-0.4, -0.2) is 75.9 Å². The van der Waals surface area contributed by atoms with Crippen LogP contribution in [0.4, 0.5) is 0 Å². The van der Waals surface area contributed by atoms with Gasteiger partial charge in [0.05, 0.1) is 23.3 Å². The predicted molar refractivity (Wildman–Crippen MR) is 581 cm³/mol. The average Bonchev–Trinajstić information content (AvgIpc) is 1.59. The van der Waals surface area contributed by atoms with Gasteiger partial charge in [0.2, 0.25) is 0 Å². The molecule has 7 aromatic rings. The first kappa shape index (κ1) is 113. The van der Waals surface area contributed by atoms with Crippen molar-refractivity contribution in [2.75, 3.05) is 46.0 Å². The average molecular weight is 1960 g/mol. The number of hydrogen-bond acceptors (Lipinski definition) is 15. The monoisotopic (exact) mass is 1950 g/mol. The Morgan fingerprint density at radius 2 is 0.300 bits per heavy atom. The molecule has 9 rings (SSSR count). The van der Waals surface area contributed by atoms with Gasteiger partial charge in [0.1, 0.15) is 0 Å². The Morgan fingerprint density at radius 1 is 0.177 bits per heavy atom. The van der Waals surface area contributed by atoms with Crippen LogP contribution >= 0.6 is 94.1 Å². The Kier molecular flexibility index (Phi) is 63.2. The summed E-state index contributed by atoms with van der Waals surface area (Å²) < 4.78 is 8.25. The third-order valence-electron chi connectivity index (χ3n) is 26.0. The topological polar surface area (TPSA) is 123 Å². The van der Waals surface area contributed by atoms with E-state index in [4.69, 9.17) is 43.2 Å². The first-order valence-corrected chi connectivity index (χ1v) is 62.5. The Balaban J connectivity index is 0.0000104. The van der Waals surface area contributed by atoms with Crippen molar-refractivity contribution in [3.8, 4) is 45.6 Å². The summed E-state index contributed by atoms with van der Waals surface area (Å²) in [6, 6.07) is 19.8. The number of hydrogen-bond donors (Lipinski definition) is 0. The molecule has 4 aromatic carbocycles. The molecule has 8 bridgehead atoms. The zero-order valence-corrected chi connectivity index (χ0v) is 91.4. The van der Waals surface area contributed by atoms with Crippen LogP contribution in [0.1, 0.15) is 466 Å². The van der Waals surface area contributed by atoms with Crippen molar-refractivity contribution in [3.63, 3.8) is 0 Å². The molecule has 0 saturated carbocycles. The van der Waals surface area contributed by atoms with E-state index >= 15 is 0 Å². The first-order chi connectivity index (χ1) is 64.3. The van der Waals surface area contributed by atoms with Gasteiger partial charge in [-0.2, -0.15) is 0 Å². The van der Waals surface area contributed by atoms with Gasteiger partial charge in [-0.15, -0.1) is 94.1 Å². The second-order valence-corrected chi connectivity index (χ2v) is 46.5. The molecule has 5 heterocycles. The SMILES string of the molecule is CCCCCCCCCCSc1cc2c(cc1SCCCCCCCCCC)-c1nc-2nc2[n-]c(nc3nc(nc4[n-]c(n1)c1cc(SCCCCCCCCCC)c(SCCCCCCCCCC)cc41)-c1cc(SCCCCCCCCCC)c(SCCCCCCCCCC)cc1-3)c1cc(SCCCCCCCCCC)c(SCCCCCCCCCC)cc21.[O]=[Ti+2]. The molecular weight excluding hydrogens is 1780 g/mol. The second-order valence-electron chi connectivity index (χ2n) is 37.4. The fraction of sp³-hybridized carbons (Fsp3) is 0.714. The van der Waals surface area contributed by atoms with E-state index in [0.717, 1.165) is 110 Å². The Morgan fingerprint density at radius 3 is 0.438 bits per heavy atom. The zero-order chi connectivity index (χ0) is 91.7. The van der Waals surface area contributed by atoms with Crippen molar-refractivity contribution >= 4 is 138 Å². The molecule has 0 amide bonds. The Hall–Kier alpha value is -2.45. The summed E-state index contributed by atoms with van der Waals surface area (Å²) in [5.41, 5.74) is 6.80. The van der Waals surface area contributed by atoms with Crippen molar-refractivity contribution in [3.05, 3.63) is 48.5 Å². The van der Waals surface area contributed by atoms with Crippen LogP contribution in [0.3, 0.4) is 0 Å². The molecule has 3 aromatic heterocycles. The molecule has 2 aliphatic heterocycles. The molecule has 0 radical (unpaired) electrons. The molecule has 0 fully saturated rings. The second kappa shape index (κ2) is 72.8. The fourth-order valence-electron chi connectivity index (χ4n) is 17.9. The fourth-order valence-corrected chi connectivity index (χ4v) is 27.1. The molecule has 9 nitrogen and oxygen atoms in total. The van der Waals surface area contributed by atoms with Crippen LogP contribution in [0.5, 0.6) is 0 Å².